The van der Waals surface area contributed by atoms with Crippen LogP contribution in [0.2, 0.25) is 0 Å². The number of anilines is 1. The lowest BCUT2D eigenvalue weighted by Gasteiger charge is -2.40. The molecule has 2 fully saturated rings. The molecule has 2 saturated heterocycles. The van der Waals surface area contributed by atoms with Crippen molar-refractivity contribution in [3.8, 4) is 0 Å². The van der Waals surface area contributed by atoms with E-state index in [2.05, 4.69) is 65.8 Å². The molecular formula is C27H33N3O3S. The number of ether oxygens (including phenoxy) is 2. The standard InChI is InChI=1S/C27H33N3O3S/c1-20-16-30(21(2)15-28-20)24-11-7-6-10-23(24)17-34-13-12-29(26(31)18-34)27-25(32-19-33-27)14-22-8-4-3-5-9-22/h3-11,17,20-21,28H,12-16,18-19H2,1-2H3. The average molecular weight is 480 g/mol. The highest BCUT2D eigenvalue weighted by Gasteiger charge is 2.31. The largest absolute Gasteiger partial charge is 0.456 e. The third kappa shape index (κ3) is 5.00. The highest BCUT2D eigenvalue weighted by Crippen LogP contribution is 2.31. The highest BCUT2D eigenvalue weighted by atomic mass is 32.2. The van der Waals surface area contributed by atoms with Gasteiger partial charge in [-0.2, -0.15) is 10.5 Å². The summed E-state index contributed by atoms with van der Waals surface area (Å²) < 4.78 is 11.5. The highest BCUT2D eigenvalue weighted by molar-refractivity contribution is 8.15. The van der Waals surface area contributed by atoms with Gasteiger partial charge in [-0.15, -0.1) is 0 Å². The summed E-state index contributed by atoms with van der Waals surface area (Å²) in [5, 5.41) is 5.89. The Morgan fingerprint density at radius 1 is 1.09 bits per heavy atom. The summed E-state index contributed by atoms with van der Waals surface area (Å²) >= 11 is 0. The maximum Gasteiger partial charge on any atom is 0.238 e. The van der Waals surface area contributed by atoms with Crippen LogP contribution in [0.4, 0.5) is 5.69 Å². The van der Waals surface area contributed by atoms with E-state index in [0.717, 1.165) is 30.2 Å². The lowest BCUT2D eigenvalue weighted by atomic mass is 10.1. The summed E-state index contributed by atoms with van der Waals surface area (Å²) in [5.41, 5.74) is 3.65. The fraction of sp³-hybridized carbons (Fsp3) is 0.407. The third-order valence-electron chi connectivity index (χ3n) is 6.61. The third-order valence-corrected chi connectivity index (χ3v) is 8.52. The van der Waals surface area contributed by atoms with Crippen molar-refractivity contribution in [3.05, 3.63) is 77.4 Å². The zero-order chi connectivity index (χ0) is 23.5. The molecule has 7 heteroatoms. The van der Waals surface area contributed by atoms with Gasteiger partial charge in [0.2, 0.25) is 18.6 Å². The Labute approximate surface area is 204 Å². The molecule has 1 N–H and O–H groups in total. The maximum atomic E-state index is 13.2. The number of nitrogens with one attached hydrogen (secondary N) is 1. The summed E-state index contributed by atoms with van der Waals surface area (Å²) in [5.74, 6) is 2.89. The summed E-state index contributed by atoms with van der Waals surface area (Å²) in [6.45, 7) is 7.30. The van der Waals surface area contributed by atoms with E-state index >= 15 is 0 Å². The van der Waals surface area contributed by atoms with Crippen molar-refractivity contribution in [2.45, 2.75) is 32.4 Å². The van der Waals surface area contributed by atoms with Crippen molar-refractivity contribution < 1.29 is 14.3 Å². The predicted molar refractivity (Wildman–Crippen MR) is 139 cm³/mol. The fourth-order valence-corrected chi connectivity index (χ4v) is 6.57. The van der Waals surface area contributed by atoms with Crippen molar-refractivity contribution in [1.29, 1.82) is 0 Å². The Morgan fingerprint density at radius 2 is 1.88 bits per heavy atom. The first-order chi connectivity index (χ1) is 16.6. The number of rotatable bonds is 5. The first kappa shape index (κ1) is 23.0. The van der Waals surface area contributed by atoms with Crippen LogP contribution in [-0.4, -0.2) is 66.2 Å². The molecule has 3 atom stereocenters. The number of para-hydroxylation sites is 1. The van der Waals surface area contributed by atoms with Gasteiger partial charge < -0.3 is 19.7 Å². The van der Waals surface area contributed by atoms with Crippen molar-refractivity contribution in [1.82, 2.24) is 10.2 Å². The number of amides is 1. The molecule has 0 aliphatic carbocycles. The second-order valence-corrected chi connectivity index (χ2v) is 11.2. The van der Waals surface area contributed by atoms with Gasteiger partial charge in [0.1, 0.15) is 0 Å². The molecule has 0 spiro atoms. The quantitative estimate of drug-likeness (QED) is 0.665. The van der Waals surface area contributed by atoms with E-state index < -0.39 is 0 Å². The fourth-order valence-electron chi connectivity index (χ4n) is 4.78. The van der Waals surface area contributed by atoms with Crippen LogP contribution in [0.5, 0.6) is 0 Å². The first-order valence-electron chi connectivity index (χ1n) is 12.0. The van der Waals surface area contributed by atoms with Crippen LogP contribution in [0, 0.1) is 0 Å². The first-order valence-corrected chi connectivity index (χ1v) is 13.6. The summed E-state index contributed by atoms with van der Waals surface area (Å²) in [6.07, 6.45) is 0.631. The zero-order valence-electron chi connectivity index (χ0n) is 19.9. The van der Waals surface area contributed by atoms with Gasteiger partial charge in [0.25, 0.3) is 0 Å². The Morgan fingerprint density at radius 3 is 2.71 bits per heavy atom. The van der Waals surface area contributed by atoms with Crippen LogP contribution in [0.15, 0.2) is 66.2 Å². The van der Waals surface area contributed by atoms with Gasteiger partial charge in [-0.3, -0.25) is 9.69 Å². The molecule has 5 rings (SSSR count). The topological polar surface area (TPSA) is 54.0 Å². The van der Waals surface area contributed by atoms with Crippen LogP contribution in [0.3, 0.4) is 0 Å². The molecule has 3 unspecified atom stereocenters. The van der Waals surface area contributed by atoms with E-state index in [1.165, 1.54) is 11.3 Å². The number of allylic oxidation sites excluding steroid dienone is 1. The molecule has 34 heavy (non-hydrogen) atoms. The van der Waals surface area contributed by atoms with Crippen molar-refractivity contribution in [2.24, 2.45) is 0 Å². The Balaban J connectivity index is 1.33. The zero-order valence-corrected chi connectivity index (χ0v) is 20.7. The maximum absolute atomic E-state index is 13.2. The molecule has 2 aromatic carbocycles. The molecule has 3 heterocycles. The minimum atomic E-state index is -0.108. The van der Waals surface area contributed by atoms with Crippen LogP contribution in [-0.2, 0) is 20.7 Å². The van der Waals surface area contributed by atoms with Gasteiger partial charge in [-0.05, 0) is 30.8 Å². The summed E-state index contributed by atoms with van der Waals surface area (Å²) in [4.78, 5) is 17.5. The van der Waals surface area contributed by atoms with Gasteiger partial charge in [-0.1, -0.05) is 48.5 Å². The van der Waals surface area contributed by atoms with E-state index in [0.29, 0.717) is 36.7 Å². The number of benzene rings is 2. The minimum absolute atomic E-state index is 0.108. The molecule has 3 aliphatic rings. The average Bonchev–Trinajstić information content (AvgIpc) is 3.29. The number of carbonyl (C=O) groups is 1. The molecular weight excluding hydrogens is 446 g/mol. The van der Waals surface area contributed by atoms with Crippen molar-refractivity contribution in [2.75, 3.05) is 42.8 Å². The summed E-state index contributed by atoms with van der Waals surface area (Å²) in [6, 6.07) is 19.7. The second-order valence-electron chi connectivity index (χ2n) is 9.22. The monoisotopic (exact) mass is 479 g/mol. The Hall–Kier alpha value is -2.77. The van der Waals surface area contributed by atoms with E-state index in [9.17, 15) is 4.79 Å². The molecule has 3 aliphatic heterocycles. The van der Waals surface area contributed by atoms with E-state index in [1.807, 2.05) is 18.2 Å². The van der Waals surface area contributed by atoms with Gasteiger partial charge in [0.15, 0.2) is 5.76 Å². The van der Waals surface area contributed by atoms with Crippen LogP contribution in [0.1, 0.15) is 25.0 Å². The van der Waals surface area contributed by atoms with Crippen molar-refractivity contribution >= 4 is 27.4 Å². The van der Waals surface area contributed by atoms with Crippen LogP contribution >= 0.6 is 10.5 Å². The number of nitrogens with zero attached hydrogens (tertiary/aromatic N) is 2. The minimum Gasteiger partial charge on any atom is -0.456 e. The smallest absolute Gasteiger partial charge is 0.238 e. The SMILES string of the molecule is CC1CN(c2ccccc2C=S2CCN(C3=C(Cc4ccccc4)OCO3)C(=O)C2)C(C)CN1. The number of piperazine rings is 1. The van der Waals surface area contributed by atoms with Crippen molar-refractivity contribution in [3.63, 3.8) is 0 Å². The van der Waals surface area contributed by atoms with Crippen LogP contribution in [0.25, 0.3) is 0 Å². The number of hydrogen-bond donors (Lipinski definition) is 1. The Kier molecular flexibility index (Phi) is 6.92. The van der Waals surface area contributed by atoms with E-state index in [-0.39, 0.29) is 23.2 Å². The lowest BCUT2D eigenvalue weighted by molar-refractivity contribution is -0.129. The molecule has 0 aromatic heterocycles. The normalized spacial score (nSPS) is 25.5. The van der Waals surface area contributed by atoms with Gasteiger partial charge in [-0.25, -0.2) is 0 Å². The van der Waals surface area contributed by atoms with Gasteiger partial charge in [0.05, 0.1) is 5.75 Å². The molecule has 0 radical (unpaired) electrons. The molecule has 6 nitrogen and oxygen atoms in total. The predicted octanol–water partition coefficient (Wildman–Crippen LogP) is 3.55. The van der Waals surface area contributed by atoms with Gasteiger partial charge in [0, 0.05) is 55.1 Å². The second kappa shape index (κ2) is 10.2. The number of hydrogen-bond acceptors (Lipinski definition) is 5. The number of carbonyl (C=O) groups excluding carboxylic acids is 1. The molecule has 0 saturated carbocycles. The van der Waals surface area contributed by atoms with Crippen LogP contribution < -0.4 is 10.2 Å². The van der Waals surface area contributed by atoms with E-state index in [4.69, 9.17) is 9.47 Å². The van der Waals surface area contributed by atoms with E-state index in [1.54, 1.807) is 4.90 Å². The Bertz CT molecular complexity index is 1100. The lowest BCUT2D eigenvalue weighted by Crippen LogP contribution is -2.54. The molecule has 2 aromatic rings. The molecule has 1 amide bonds. The summed E-state index contributed by atoms with van der Waals surface area (Å²) in [7, 11) is -0.108. The molecule has 180 valence electrons. The van der Waals surface area contributed by atoms with Gasteiger partial charge >= 0.3 is 0 Å². The molecule has 0 bridgehead atoms.